The van der Waals surface area contributed by atoms with Gasteiger partial charge in [0.2, 0.25) is 0 Å². The maximum atomic E-state index is 12.1. The molecule has 0 saturated heterocycles. The normalized spacial score (nSPS) is 18.2. The maximum Gasteiger partial charge on any atom is 0.197 e. The van der Waals surface area contributed by atoms with Gasteiger partial charge >= 0.3 is 0 Å². The van der Waals surface area contributed by atoms with Crippen LogP contribution < -0.4 is 5.43 Å². The Hall–Kier alpha value is -2.49. The number of phenolic OH excluding ortho intramolecular Hbond substituents is 2. The van der Waals surface area contributed by atoms with Gasteiger partial charge in [0.15, 0.2) is 5.43 Å². The van der Waals surface area contributed by atoms with Gasteiger partial charge in [-0.3, -0.25) is 4.79 Å². The standard InChI is InChI=1S/C16H14O4/c1-9-2-4-10(5-3-9)14-8-13(19)16-12(18)6-11(17)7-15(16)20-14/h2,4-9,17-18H,3H2,1H3. The molecule has 1 atom stereocenters. The summed E-state index contributed by atoms with van der Waals surface area (Å²) in [5, 5.41) is 19.3. The molecule has 2 N–H and O–H groups in total. The lowest BCUT2D eigenvalue weighted by Gasteiger charge is -2.11. The first kappa shape index (κ1) is 12.5. The molecule has 4 heteroatoms. The minimum absolute atomic E-state index is 0.0836. The first-order chi connectivity index (χ1) is 9.54. The molecule has 0 saturated carbocycles. The van der Waals surface area contributed by atoms with Crippen LogP contribution in [0, 0.1) is 5.92 Å². The van der Waals surface area contributed by atoms with E-state index in [-0.39, 0.29) is 27.9 Å². The zero-order chi connectivity index (χ0) is 14.3. The molecule has 102 valence electrons. The van der Waals surface area contributed by atoms with Crippen molar-refractivity contribution in [2.45, 2.75) is 13.3 Å². The second kappa shape index (κ2) is 4.56. The summed E-state index contributed by atoms with van der Waals surface area (Å²) in [6, 6.07) is 3.82. The van der Waals surface area contributed by atoms with E-state index >= 15 is 0 Å². The van der Waals surface area contributed by atoms with Crippen LogP contribution >= 0.6 is 0 Å². The molecule has 4 nitrogen and oxygen atoms in total. The van der Waals surface area contributed by atoms with Crippen LogP contribution in [0.15, 0.2) is 45.6 Å². The molecule has 0 radical (unpaired) electrons. The zero-order valence-electron chi connectivity index (χ0n) is 11.0. The van der Waals surface area contributed by atoms with E-state index in [0.717, 1.165) is 18.1 Å². The largest absolute Gasteiger partial charge is 0.508 e. The van der Waals surface area contributed by atoms with Gasteiger partial charge in [-0.1, -0.05) is 25.2 Å². The Kier molecular flexibility index (Phi) is 2.86. The number of aromatic hydroxyl groups is 2. The van der Waals surface area contributed by atoms with Gasteiger partial charge in [-0.05, 0) is 12.3 Å². The summed E-state index contributed by atoms with van der Waals surface area (Å²) < 4.78 is 5.64. The van der Waals surface area contributed by atoms with Crippen molar-refractivity contribution in [2.75, 3.05) is 0 Å². The second-order valence-corrected chi connectivity index (χ2v) is 5.04. The molecule has 1 aliphatic carbocycles. The summed E-state index contributed by atoms with van der Waals surface area (Å²) >= 11 is 0. The summed E-state index contributed by atoms with van der Waals surface area (Å²) in [5.74, 6) is 0.494. The van der Waals surface area contributed by atoms with Crippen molar-refractivity contribution in [1.29, 1.82) is 0 Å². The number of phenols is 2. The van der Waals surface area contributed by atoms with E-state index in [1.807, 2.05) is 12.2 Å². The number of rotatable bonds is 1. The molecule has 1 unspecified atom stereocenters. The predicted molar refractivity (Wildman–Crippen MR) is 76.7 cm³/mol. The first-order valence-corrected chi connectivity index (χ1v) is 6.43. The Balaban J connectivity index is 2.20. The Morgan fingerprint density at radius 3 is 2.75 bits per heavy atom. The van der Waals surface area contributed by atoms with Gasteiger partial charge in [0, 0.05) is 23.8 Å². The number of hydrogen-bond donors (Lipinski definition) is 2. The second-order valence-electron chi connectivity index (χ2n) is 5.04. The average Bonchev–Trinajstić information content (AvgIpc) is 2.38. The molecule has 20 heavy (non-hydrogen) atoms. The van der Waals surface area contributed by atoms with Gasteiger partial charge in [-0.15, -0.1) is 0 Å². The molecule has 2 aromatic rings. The molecule has 0 spiro atoms. The Bertz CT molecular complexity index is 796. The van der Waals surface area contributed by atoms with E-state index in [9.17, 15) is 15.0 Å². The fourth-order valence-electron chi connectivity index (χ4n) is 2.31. The van der Waals surface area contributed by atoms with Gasteiger partial charge in [0.05, 0.1) is 0 Å². The Labute approximate surface area is 115 Å². The fraction of sp³-hybridized carbons (Fsp3) is 0.188. The highest BCUT2D eigenvalue weighted by atomic mass is 16.3. The van der Waals surface area contributed by atoms with Gasteiger partial charge in [0.25, 0.3) is 0 Å². The van der Waals surface area contributed by atoms with Crippen molar-refractivity contribution in [1.82, 2.24) is 0 Å². The van der Waals surface area contributed by atoms with Crippen LogP contribution in [-0.2, 0) is 0 Å². The summed E-state index contributed by atoms with van der Waals surface area (Å²) in [4.78, 5) is 12.1. The number of hydrogen-bond acceptors (Lipinski definition) is 4. The zero-order valence-corrected chi connectivity index (χ0v) is 11.0. The molecule has 0 amide bonds. The van der Waals surface area contributed by atoms with Gasteiger partial charge in [-0.25, -0.2) is 0 Å². The SMILES string of the molecule is CC1C=CC(c2cc(=O)c3c(O)cc(O)cc3o2)=CC1. The van der Waals surface area contributed by atoms with E-state index < -0.39 is 0 Å². The third-order valence-electron chi connectivity index (χ3n) is 3.39. The van der Waals surface area contributed by atoms with Crippen LogP contribution in [-0.4, -0.2) is 10.2 Å². The highest BCUT2D eigenvalue weighted by Gasteiger charge is 2.13. The van der Waals surface area contributed by atoms with Crippen LogP contribution in [0.2, 0.25) is 0 Å². The third-order valence-corrected chi connectivity index (χ3v) is 3.39. The molecule has 0 aliphatic heterocycles. The van der Waals surface area contributed by atoms with Crippen LogP contribution in [0.4, 0.5) is 0 Å². The third kappa shape index (κ3) is 2.09. The summed E-state index contributed by atoms with van der Waals surface area (Å²) in [6.07, 6.45) is 6.87. The Morgan fingerprint density at radius 1 is 1.25 bits per heavy atom. The predicted octanol–water partition coefficient (Wildman–Crippen LogP) is 3.18. The van der Waals surface area contributed by atoms with Crippen LogP contribution in [0.25, 0.3) is 16.5 Å². The molecule has 1 heterocycles. The minimum Gasteiger partial charge on any atom is -0.508 e. The highest BCUT2D eigenvalue weighted by Crippen LogP contribution is 2.30. The lowest BCUT2D eigenvalue weighted by molar-refractivity contribution is 0.451. The van der Waals surface area contributed by atoms with Crippen molar-refractivity contribution >= 4 is 16.5 Å². The van der Waals surface area contributed by atoms with Gasteiger partial charge in [0.1, 0.15) is 28.2 Å². The summed E-state index contributed by atoms with van der Waals surface area (Å²) in [6.45, 7) is 2.11. The van der Waals surface area contributed by atoms with Crippen LogP contribution in [0.3, 0.4) is 0 Å². The van der Waals surface area contributed by atoms with E-state index in [0.29, 0.717) is 11.7 Å². The van der Waals surface area contributed by atoms with Gasteiger partial charge < -0.3 is 14.6 Å². The van der Waals surface area contributed by atoms with E-state index in [2.05, 4.69) is 13.0 Å². The molecule has 1 aromatic heterocycles. The van der Waals surface area contributed by atoms with Crippen molar-refractivity contribution in [3.05, 3.63) is 52.4 Å². The molecule has 3 rings (SSSR count). The average molecular weight is 270 g/mol. The lowest BCUT2D eigenvalue weighted by atomic mass is 9.97. The van der Waals surface area contributed by atoms with Crippen molar-refractivity contribution in [3.8, 4) is 11.5 Å². The fourth-order valence-corrected chi connectivity index (χ4v) is 2.31. The van der Waals surface area contributed by atoms with Crippen molar-refractivity contribution < 1.29 is 14.6 Å². The molecule has 1 aliphatic rings. The molecular weight excluding hydrogens is 256 g/mol. The number of benzene rings is 1. The quantitative estimate of drug-likeness (QED) is 0.834. The van der Waals surface area contributed by atoms with Crippen molar-refractivity contribution in [2.24, 2.45) is 5.92 Å². The molecule has 0 fully saturated rings. The number of fused-ring (bicyclic) bond motifs is 1. The number of allylic oxidation sites excluding steroid dienone is 4. The first-order valence-electron chi connectivity index (χ1n) is 6.43. The van der Waals surface area contributed by atoms with Crippen molar-refractivity contribution in [3.63, 3.8) is 0 Å². The van der Waals surface area contributed by atoms with Crippen LogP contribution in [0.5, 0.6) is 11.5 Å². The Morgan fingerprint density at radius 2 is 2.05 bits per heavy atom. The minimum atomic E-state index is -0.327. The summed E-state index contributed by atoms with van der Waals surface area (Å²) in [7, 11) is 0. The highest BCUT2D eigenvalue weighted by molar-refractivity contribution is 5.86. The topological polar surface area (TPSA) is 70.7 Å². The van der Waals surface area contributed by atoms with E-state index in [1.54, 1.807) is 0 Å². The van der Waals surface area contributed by atoms with E-state index in [1.165, 1.54) is 12.1 Å². The van der Waals surface area contributed by atoms with E-state index in [4.69, 9.17) is 4.42 Å². The smallest absolute Gasteiger partial charge is 0.197 e. The lowest BCUT2D eigenvalue weighted by Crippen LogP contribution is -2.03. The van der Waals surface area contributed by atoms with Gasteiger partial charge in [-0.2, -0.15) is 0 Å². The monoisotopic (exact) mass is 270 g/mol. The maximum absolute atomic E-state index is 12.1. The molecule has 1 aromatic carbocycles. The molecular formula is C16H14O4. The molecule has 0 bridgehead atoms. The van der Waals surface area contributed by atoms with Crippen LogP contribution in [0.1, 0.15) is 19.1 Å². The summed E-state index contributed by atoms with van der Waals surface area (Å²) in [5.41, 5.74) is 0.689.